The van der Waals surface area contributed by atoms with Gasteiger partial charge in [0.25, 0.3) is 5.56 Å². The highest BCUT2D eigenvalue weighted by molar-refractivity contribution is 5.95. The highest BCUT2D eigenvalue weighted by Crippen LogP contribution is 2.66. The molecule has 4 fully saturated rings. The monoisotopic (exact) mass is 391 g/mol. The summed E-state index contributed by atoms with van der Waals surface area (Å²) in [6, 6.07) is 6.87. The van der Waals surface area contributed by atoms with E-state index in [2.05, 4.69) is 42.3 Å². The lowest BCUT2D eigenvalue weighted by atomic mass is 9.42. The summed E-state index contributed by atoms with van der Waals surface area (Å²) in [7, 11) is 1.68. The van der Waals surface area contributed by atoms with Crippen LogP contribution >= 0.6 is 0 Å². The molecule has 1 N–H and O–H groups in total. The van der Waals surface area contributed by atoms with Crippen LogP contribution in [0.4, 0.5) is 5.82 Å². The summed E-state index contributed by atoms with van der Waals surface area (Å²) in [4.78, 5) is 30.0. The van der Waals surface area contributed by atoms with Crippen molar-refractivity contribution in [2.45, 2.75) is 57.8 Å². The summed E-state index contributed by atoms with van der Waals surface area (Å²) < 4.78 is 1.46. The van der Waals surface area contributed by atoms with Gasteiger partial charge in [-0.2, -0.15) is 0 Å². The van der Waals surface area contributed by atoms with Crippen molar-refractivity contribution in [2.24, 2.45) is 24.3 Å². The van der Waals surface area contributed by atoms with Gasteiger partial charge in [0.05, 0.1) is 5.41 Å². The van der Waals surface area contributed by atoms with Gasteiger partial charge in [0, 0.05) is 19.4 Å². The zero-order valence-electron chi connectivity index (χ0n) is 17.5. The summed E-state index contributed by atoms with van der Waals surface area (Å²) in [6.45, 7) is 4.33. The van der Waals surface area contributed by atoms with E-state index in [1.165, 1.54) is 40.5 Å². The Bertz CT molecular complexity index is 1040. The Morgan fingerprint density at radius 3 is 2.55 bits per heavy atom. The predicted octanol–water partition coefficient (Wildman–Crippen LogP) is 3.87. The molecule has 2 atom stereocenters. The highest BCUT2D eigenvalue weighted by Gasteiger charge is 2.61. The van der Waals surface area contributed by atoms with Gasteiger partial charge in [-0.3, -0.25) is 9.59 Å². The lowest BCUT2D eigenvalue weighted by molar-refractivity contribution is -0.143. The molecule has 29 heavy (non-hydrogen) atoms. The largest absolute Gasteiger partial charge is 0.314 e. The van der Waals surface area contributed by atoms with Crippen LogP contribution in [-0.4, -0.2) is 15.5 Å². The number of aromatic nitrogens is 2. The van der Waals surface area contributed by atoms with Crippen LogP contribution in [-0.2, 0) is 17.3 Å². The molecule has 1 aromatic heterocycles. The minimum atomic E-state index is -0.384. The number of hydrogen-bond acceptors (Lipinski definition) is 3. The molecule has 4 aliphatic carbocycles. The van der Waals surface area contributed by atoms with Gasteiger partial charge >= 0.3 is 0 Å². The number of aryl methyl sites for hydroxylation is 3. The number of carbonyl (C=O) groups is 1. The maximum absolute atomic E-state index is 13.5. The zero-order chi connectivity index (χ0) is 20.4. The molecule has 5 nitrogen and oxygen atoms in total. The van der Waals surface area contributed by atoms with E-state index in [1.54, 1.807) is 19.4 Å². The van der Waals surface area contributed by atoms with Crippen LogP contribution in [0.2, 0.25) is 0 Å². The van der Waals surface area contributed by atoms with Gasteiger partial charge in [-0.15, -0.1) is 0 Å². The van der Waals surface area contributed by atoms with Crippen LogP contribution < -0.4 is 10.9 Å². The van der Waals surface area contributed by atoms with E-state index in [0.717, 1.165) is 19.3 Å². The average molecular weight is 392 g/mol. The number of rotatable bonds is 3. The normalized spacial score (nSPS) is 32.4. The van der Waals surface area contributed by atoms with Gasteiger partial charge in [-0.25, -0.2) is 4.98 Å². The predicted molar refractivity (Wildman–Crippen MR) is 113 cm³/mol. The van der Waals surface area contributed by atoms with Gasteiger partial charge in [-0.1, -0.05) is 18.2 Å². The standard InChI is InChI=1S/C24H29N3O2/c1-15-4-5-19(8-16(15)2)23-10-17-9-18(11-23)13-24(12-17,14-23)22(29)26-20-21(28)27(3)7-6-25-20/h4-8,17-18H,9-14H2,1-3H3,(H,25,26,29). The molecule has 1 amide bonds. The second kappa shape index (κ2) is 6.28. The molecule has 4 aliphatic rings. The molecule has 152 valence electrons. The van der Waals surface area contributed by atoms with Crippen LogP contribution in [0.25, 0.3) is 0 Å². The fraction of sp³-hybridized carbons (Fsp3) is 0.542. The Morgan fingerprint density at radius 1 is 1.14 bits per heavy atom. The Labute approximate surface area is 171 Å². The van der Waals surface area contributed by atoms with Crippen molar-refractivity contribution < 1.29 is 4.79 Å². The molecule has 2 unspecified atom stereocenters. The summed E-state index contributed by atoms with van der Waals surface area (Å²) in [5, 5.41) is 2.91. The lowest BCUT2D eigenvalue weighted by Gasteiger charge is -2.61. The summed E-state index contributed by atoms with van der Waals surface area (Å²) in [6.07, 6.45) is 9.55. The van der Waals surface area contributed by atoms with Gasteiger partial charge in [-0.05, 0) is 86.3 Å². The first-order valence-corrected chi connectivity index (χ1v) is 10.7. The summed E-state index contributed by atoms with van der Waals surface area (Å²) in [5.41, 5.74) is 3.50. The minimum Gasteiger partial charge on any atom is -0.314 e. The molecule has 4 saturated carbocycles. The molecule has 2 aromatic rings. The number of hydrogen-bond donors (Lipinski definition) is 1. The first kappa shape index (κ1) is 18.6. The summed E-state index contributed by atoms with van der Waals surface area (Å²) >= 11 is 0. The fourth-order valence-corrected chi connectivity index (χ4v) is 6.76. The average Bonchev–Trinajstić information content (AvgIpc) is 2.66. The van der Waals surface area contributed by atoms with Gasteiger partial charge in [0.1, 0.15) is 0 Å². The van der Waals surface area contributed by atoms with Crippen LogP contribution in [0.1, 0.15) is 55.2 Å². The third-order valence-electron chi connectivity index (χ3n) is 7.91. The molecule has 1 aromatic carbocycles. The van der Waals surface area contributed by atoms with Crippen LogP contribution in [0.5, 0.6) is 0 Å². The van der Waals surface area contributed by atoms with Gasteiger partial charge < -0.3 is 9.88 Å². The quantitative estimate of drug-likeness (QED) is 0.864. The maximum atomic E-state index is 13.5. The van der Waals surface area contributed by atoms with Crippen molar-refractivity contribution >= 4 is 11.7 Å². The van der Waals surface area contributed by atoms with Crippen molar-refractivity contribution in [3.8, 4) is 0 Å². The number of anilines is 1. The van der Waals surface area contributed by atoms with E-state index in [4.69, 9.17) is 0 Å². The lowest BCUT2D eigenvalue weighted by Crippen LogP contribution is -2.58. The number of carbonyl (C=O) groups excluding carboxylic acids is 1. The van der Waals surface area contributed by atoms with Crippen molar-refractivity contribution in [2.75, 3.05) is 5.32 Å². The maximum Gasteiger partial charge on any atom is 0.293 e. The second-order valence-corrected chi connectivity index (χ2v) is 9.97. The minimum absolute atomic E-state index is 0.00407. The second-order valence-electron chi connectivity index (χ2n) is 9.97. The Kier molecular flexibility index (Phi) is 4.03. The topological polar surface area (TPSA) is 64.0 Å². The fourth-order valence-electron chi connectivity index (χ4n) is 6.76. The van der Waals surface area contributed by atoms with Crippen molar-refractivity contribution in [3.05, 3.63) is 57.6 Å². The van der Waals surface area contributed by atoms with Crippen molar-refractivity contribution in [1.29, 1.82) is 0 Å². The molecular weight excluding hydrogens is 362 g/mol. The Morgan fingerprint density at radius 2 is 1.86 bits per heavy atom. The number of amides is 1. The van der Waals surface area contributed by atoms with Gasteiger partial charge in [0.15, 0.2) is 5.82 Å². The van der Waals surface area contributed by atoms with Gasteiger partial charge in [0.2, 0.25) is 5.91 Å². The Balaban J connectivity index is 1.50. The van der Waals surface area contributed by atoms with Crippen LogP contribution in [0.15, 0.2) is 35.4 Å². The van der Waals surface area contributed by atoms with E-state index in [9.17, 15) is 9.59 Å². The van der Waals surface area contributed by atoms with E-state index in [-0.39, 0.29) is 28.1 Å². The number of benzene rings is 1. The van der Waals surface area contributed by atoms with E-state index >= 15 is 0 Å². The summed E-state index contributed by atoms with van der Waals surface area (Å²) in [5.74, 6) is 1.33. The van der Waals surface area contributed by atoms with E-state index in [0.29, 0.717) is 11.8 Å². The molecule has 0 saturated heterocycles. The first-order valence-electron chi connectivity index (χ1n) is 10.7. The molecule has 0 radical (unpaired) electrons. The SMILES string of the molecule is Cc1ccc(C23CC4CC(CC(C(=O)Nc5nccn(C)c5=O)(C4)C2)C3)cc1C. The third kappa shape index (κ3) is 2.85. The first-order chi connectivity index (χ1) is 13.8. The van der Waals surface area contributed by atoms with Crippen molar-refractivity contribution in [3.63, 3.8) is 0 Å². The number of nitrogens with one attached hydrogen (secondary N) is 1. The molecule has 1 heterocycles. The number of nitrogens with zero attached hydrogens (tertiary/aromatic N) is 2. The Hall–Kier alpha value is -2.43. The van der Waals surface area contributed by atoms with Crippen LogP contribution in [0.3, 0.4) is 0 Å². The molecule has 6 rings (SSSR count). The van der Waals surface area contributed by atoms with E-state index < -0.39 is 0 Å². The van der Waals surface area contributed by atoms with Crippen molar-refractivity contribution in [1.82, 2.24) is 9.55 Å². The molecule has 4 bridgehead atoms. The third-order valence-corrected chi connectivity index (χ3v) is 7.91. The molecule has 5 heteroatoms. The zero-order valence-corrected chi connectivity index (χ0v) is 17.5. The van der Waals surface area contributed by atoms with Crippen LogP contribution in [0, 0.1) is 31.1 Å². The van der Waals surface area contributed by atoms with E-state index in [1.807, 2.05) is 0 Å². The molecule has 0 aliphatic heterocycles. The molecule has 0 spiro atoms. The molecular formula is C24H29N3O2. The smallest absolute Gasteiger partial charge is 0.293 e. The highest BCUT2D eigenvalue weighted by atomic mass is 16.2.